The second-order valence-corrected chi connectivity index (χ2v) is 4.48. The lowest BCUT2D eigenvalue weighted by Gasteiger charge is -1.93. The van der Waals surface area contributed by atoms with E-state index in [0.29, 0.717) is 0 Å². The second-order valence-electron chi connectivity index (χ2n) is 2.21. The summed E-state index contributed by atoms with van der Waals surface area (Å²) in [6, 6.07) is 0. The van der Waals surface area contributed by atoms with Gasteiger partial charge in [0.05, 0.1) is 20.1 Å². The molecule has 1 nitrogen and oxygen atoms in total. The first-order chi connectivity index (χ1) is 6.37. The van der Waals surface area contributed by atoms with Gasteiger partial charge < -0.3 is 0 Å². The van der Waals surface area contributed by atoms with Gasteiger partial charge in [-0.1, -0.05) is 69.6 Å². The molecule has 0 saturated carbocycles. The van der Waals surface area contributed by atoms with Crippen molar-refractivity contribution in [3.05, 3.63) is 40.4 Å². The fourth-order valence-corrected chi connectivity index (χ4v) is 2.04. The first-order valence-corrected chi connectivity index (χ1v) is 5.36. The van der Waals surface area contributed by atoms with E-state index < -0.39 is 5.43 Å². The van der Waals surface area contributed by atoms with Crippen LogP contribution in [0.3, 0.4) is 0 Å². The molecule has 0 aliphatic carbocycles. The van der Waals surface area contributed by atoms with E-state index in [9.17, 15) is 4.79 Å². The van der Waals surface area contributed by atoms with E-state index in [1.165, 1.54) is 0 Å². The van der Waals surface area contributed by atoms with Gasteiger partial charge >= 0.3 is 0 Å². The molecule has 1 aromatic rings. The van der Waals surface area contributed by atoms with Crippen molar-refractivity contribution in [1.82, 2.24) is 0 Å². The summed E-state index contributed by atoms with van der Waals surface area (Å²) in [5.74, 6) is 0. The highest BCUT2D eigenvalue weighted by molar-refractivity contribution is 6.55. The molecule has 0 N–H and O–H groups in total. The first kappa shape index (κ1) is 12.7. The van der Waals surface area contributed by atoms with E-state index >= 15 is 0 Å². The highest BCUT2D eigenvalue weighted by atomic mass is 35.5. The van der Waals surface area contributed by atoms with Crippen molar-refractivity contribution in [1.29, 1.82) is 0 Å². The average Bonchev–Trinajstić information content (AvgIpc) is 2.23. The highest BCUT2D eigenvalue weighted by Gasteiger charge is 2.16. The largest absolute Gasteiger partial charge is 0.286 e. The zero-order valence-electron chi connectivity index (χ0n) is 6.18. The molecule has 1 rings (SSSR count). The van der Waals surface area contributed by atoms with Crippen molar-refractivity contribution in [2.45, 2.75) is 0 Å². The number of rotatable bonds is 0. The summed E-state index contributed by atoms with van der Waals surface area (Å²) in [7, 11) is 0. The zero-order chi connectivity index (χ0) is 11.0. The van der Waals surface area contributed by atoms with Crippen LogP contribution >= 0.6 is 69.6 Å². The molecule has 76 valence electrons. The molecular formula is C7Cl6O. The number of hydrogen-bond acceptors (Lipinski definition) is 1. The summed E-state index contributed by atoms with van der Waals surface area (Å²) < 4.78 is 0. The topological polar surface area (TPSA) is 17.1 Å². The molecule has 0 atom stereocenters. The van der Waals surface area contributed by atoms with Gasteiger partial charge in [0.1, 0.15) is 10.0 Å². The standard InChI is InChI=1S/C7Cl6O/c8-1-2(9)4(11)6(13)7(14)5(12)3(1)10. The molecule has 0 radical (unpaired) electrons. The van der Waals surface area contributed by atoms with Gasteiger partial charge in [-0.3, -0.25) is 4.79 Å². The molecule has 0 fully saturated rings. The monoisotopic (exact) mass is 310 g/mol. The van der Waals surface area contributed by atoms with Gasteiger partial charge in [-0.05, 0) is 0 Å². The van der Waals surface area contributed by atoms with E-state index in [1.54, 1.807) is 0 Å². The normalized spacial score (nSPS) is 10.4. The third kappa shape index (κ3) is 2.08. The number of halogens is 6. The summed E-state index contributed by atoms with van der Waals surface area (Å²) in [5, 5.41) is -1.17. The molecule has 0 unspecified atom stereocenters. The Morgan fingerprint density at radius 1 is 0.500 bits per heavy atom. The Labute approximate surface area is 109 Å². The van der Waals surface area contributed by atoms with E-state index in [4.69, 9.17) is 69.6 Å². The van der Waals surface area contributed by atoms with Gasteiger partial charge in [-0.15, -0.1) is 0 Å². The van der Waals surface area contributed by atoms with Crippen LogP contribution in [0.5, 0.6) is 0 Å². The lowest BCUT2D eigenvalue weighted by atomic mass is 10.5. The van der Waals surface area contributed by atoms with Crippen molar-refractivity contribution < 1.29 is 0 Å². The van der Waals surface area contributed by atoms with Gasteiger partial charge in [0.2, 0.25) is 5.43 Å². The Balaban J connectivity index is 3.96. The Hall–Kier alpha value is 0.630. The summed E-state index contributed by atoms with van der Waals surface area (Å²) >= 11 is 33.8. The van der Waals surface area contributed by atoms with Crippen LogP contribution in [-0.2, 0) is 0 Å². The van der Waals surface area contributed by atoms with Crippen LogP contribution < -0.4 is 5.43 Å². The molecular weight excluding hydrogens is 313 g/mol. The third-order valence-electron chi connectivity index (χ3n) is 1.36. The highest BCUT2D eigenvalue weighted by Crippen LogP contribution is 2.38. The summed E-state index contributed by atoms with van der Waals surface area (Å²) in [6.45, 7) is 0. The van der Waals surface area contributed by atoms with Crippen LogP contribution in [0.4, 0.5) is 0 Å². The van der Waals surface area contributed by atoms with Crippen molar-refractivity contribution in [3.63, 3.8) is 0 Å². The molecule has 0 aliphatic heterocycles. The maximum Gasteiger partial charge on any atom is 0.218 e. The van der Waals surface area contributed by atoms with Crippen LogP contribution in [0.25, 0.3) is 0 Å². The van der Waals surface area contributed by atoms with Crippen LogP contribution in [0.1, 0.15) is 0 Å². The molecule has 14 heavy (non-hydrogen) atoms. The van der Waals surface area contributed by atoms with Crippen molar-refractivity contribution in [2.75, 3.05) is 0 Å². The van der Waals surface area contributed by atoms with Crippen molar-refractivity contribution >= 4 is 69.6 Å². The second kappa shape index (κ2) is 4.65. The Bertz CT molecular complexity index is 415. The summed E-state index contributed by atoms with van der Waals surface area (Å²) in [6.07, 6.45) is 0. The fraction of sp³-hybridized carbons (Fsp3) is 0. The van der Waals surface area contributed by atoms with E-state index in [-0.39, 0.29) is 30.1 Å². The minimum Gasteiger partial charge on any atom is -0.286 e. The lowest BCUT2D eigenvalue weighted by molar-refractivity contribution is 1.67. The molecule has 0 saturated heterocycles. The Kier molecular flexibility index (Phi) is 4.22. The molecule has 0 spiro atoms. The molecule has 0 amide bonds. The van der Waals surface area contributed by atoms with Gasteiger partial charge in [0.25, 0.3) is 0 Å². The van der Waals surface area contributed by atoms with Crippen LogP contribution in [0, 0.1) is 0 Å². The third-order valence-corrected chi connectivity index (χ3v) is 4.08. The Morgan fingerprint density at radius 2 is 0.714 bits per heavy atom. The maximum absolute atomic E-state index is 11.4. The first-order valence-electron chi connectivity index (χ1n) is 3.09. The molecule has 0 aliphatic rings. The molecule has 0 bridgehead atoms. The van der Waals surface area contributed by atoms with E-state index in [0.717, 1.165) is 0 Å². The minimum absolute atomic E-state index is 0.104. The smallest absolute Gasteiger partial charge is 0.218 e. The van der Waals surface area contributed by atoms with Gasteiger partial charge in [0.15, 0.2) is 0 Å². The van der Waals surface area contributed by atoms with Crippen molar-refractivity contribution in [3.8, 4) is 0 Å². The minimum atomic E-state index is -0.711. The molecule has 7 heteroatoms. The van der Waals surface area contributed by atoms with Gasteiger partial charge in [-0.2, -0.15) is 0 Å². The fourth-order valence-electron chi connectivity index (χ4n) is 0.681. The summed E-state index contributed by atoms with van der Waals surface area (Å²) in [4.78, 5) is 11.4. The predicted molar refractivity (Wildman–Crippen MR) is 62.8 cm³/mol. The van der Waals surface area contributed by atoms with Crippen LogP contribution in [-0.4, -0.2) is 0 Å². The van der Waals surface area contributed by atoms with Gasteiger partial charge in [-0.25, -0.2) is 0 Å². The quantitative estimate of drug-likeness (QED) is 0.661. The molecule has 0 heterocycles. The average molecular weight is 313 g/mol. The summed E-state index contributed by atoms with van der Waals surface area (Å²) in [5.41, 5.74) is -0.711. The SMILES string of the molecule is O=c1c(Cl)c(Cl)c(Cl)c(Cl)c(Cl)c1Cl. The van der Waals surface area contributed by atoms with Gasteiger partial charge in [0, 0.05) is 0 Å². The zero-order valence-corrected chi connectivity index (χ0v) is 10.7. The van der Waals surface area contributed by atoms with Crippen LogP contribution in [0.15, 0.2) is 4.79 Å². The van der Waals surface area contributed by atoms with Crippen LogP contribution in [0.2, 0.25) is 30.1 Å². The number of hydrogen-bond donors (Lipinski definition) is 0. The van der Waals surface area contributed by atoms with Crippen molar-refractivity contribution in [2.24, 2.45) is 0 Å². The van der Waals surface area contributed by atoms with E-state index in [1.807, 2.05) is 0 Å². The molecule has 0 aromatic heterocycles. The Morgan fingerprint density at radius 3 is 1.00 bits per heavy atom. The molecule has 1 aromatic carbocycles. The lowest BCUT2D eigenvalue weighted by Crippen LogP contribution is -1.98. The predicted octanol–water partition coefficient (Wildman–Crippen LogP) is 4.97. The maximum atomic E-state index is 11.4. The van der Waals surface area contributed by atoms with E-state index in [2.05, 4.69) is 0 Å².